The van der Waals surface area contributed by atoms with E-state index in [1.54, 1.807) is 12.1 Å². The zero-order chi connectivity index (χ0) is 10.8. The van der Waals surface area contributed by atoms with Crippen LogP contribution in [0.1, 0.15) is 24.2 Å². The van der Waals surface area contributed by atoms with Gasteiger partial charge in [0.15, 0.2) is 5.78 Å². The van der Waals surface area contributed by atoms with Crippen LogP contribution in [-0.2, 0) is 4.79 Å². The van der Waals surface area contributed by atoms with Gasteiger partial charge in [-0.25, -0.2) is 0 Å². The molecule has 0 saturated carbocycles. The van der Waals surface area contributed by atoms with Crippen molar-refractivity contribution in [1.82, 2.24) is 4.98 Å². The number of Topliss-reactive ketones (excluding diaryl/α,β-unsaturated/α-hetero) is 1. The summed E-state index contributed by atoms with van der Waals surface area (Å²) in [6.45, 7) is 2.76. The number of aliphatic carboxylic acids is 1. The van der Waals surface area contributed by atoms with E-state index < -0.39 is 17.2 Å². The molecule has 0 spiro atoms. The third-order valence-corrected chi connectivity index (χ3v) is 2.03. The van der Waals surface area contributed by atoms with Gasteiger partial charge in [-0.3, -0.25) is 14.6 Å². The molecule has 0 aliphatic carbocycles. The van der Waals surface area contributed by atoms with E-state index in [9.17, 15) is 9.59 Å². The molecule has 0 aliphatic heterocycles. The van der Waals surface area contributed by atoms with Gasteiger partial charge in [-0.2, -0.15) is 0 Å². The molecule has 0 aromatic carbocycles. The average molecular weight is 193 g/mol. The van der Waals surface area contributed by atoms with Crippen molar-refractivity contribution >= 4 is 11.8 Å². The summed E-state index contributed by atoms with van der Waals surface area (Å²) in [6, 6.07) is 3.16. The van der Waals surface area contributed by atoms with Crippen LogP contribution in [-0.4, -0.2) is 21.8 Å². The average Bonchev–Trinajstić information content (AvgIpc) is 2.17. The van der Waals surface area contributed by atoms with Gasteiger partial charge in [-0.1, -0.05) is 0 Å². The molecule has 1 rings (SSSR count). The monoisotopic (exact) mass is 193 g/mol. The Bertz CT molecular complexity index is 357. The second-order valence-corrected chi connectivity index (χ2v) is 3.50. The fourth-order valence-electron chi connectivity index (χ4n) is 0.955. The predicted octanol–water partition coefficient (Wildman–Crippen LogP) is 1.38. The highest BCUT2D eigenvalue weighted by atomic mass is 16.4. The Morgan fingerprint density at radius 1 is 1.43 bits per heavy atom. The molecule has 0 amide bonds. The van der Waals surface area contributed by atoms with Crippen LogP contribution in [0.4, 0.5) is 0 Å². The van der Waals surface area contributed by atoms with E-state index >= 15 is 0 Å². The molecule has 4 heteroatoms. The number of ketones is 1. The van der Waals surface area contributed by atoms with Crippen LogP contribution in [0.2, 0.25) is 0 Å². The molecule has 0 radical (unpaired) electrons. The van der Waals surface area contributed by atoms with Gasteiger partial charge in [0.05, 0.1) is 0 Å². The number of carbonyl (C=O) groups excluding carboxylic acids is 1. The van der Waals surface area contributed by atoms with Crippen molar-refractivity contribution in [1.29, 1.82) is 0 Å². The van der Waals surface area contributed by atoms with Crippen molar-refractivity contribution in [2.24, 2.45) is 5.41 Å². The molecule has 4 nitrogen and oxygen atoms in total. The summed E-state index contributed by atoms with van der Waals surface area (Å²) in [6.07, 6.45) is 2.90. The van der Waals surface area contributed by atoms with Crippen LogP contribution < -0.4 is 0 Å². The standard InChI is InChI=1S/C10H11NO3/c1-10(2,9(13)14)8(12)7-4-3-5-11-6-7/h3-6H,1-2H3,(H,13,14). The number of carbonyl (C=O) groups is 2. The highest BCUT2D eigenvalue weighted by Gasteiger charge is 2.36. The van der Waals surface area contributed by atoms with E-state index in [0.29, 0.717) is 5.56 Å². The Morgan fingerprint density at radius 3 is 2.50 bits per heavy atom. The number of hydrogen-bond acceptors (Lipinski definition) is 3. The van der Waals surface area contributed by atoms with Gasteiger partial charge < -0.3 is 5.11 Å². The number of carboxylic acid groups (broad SMARTS) is 1. The van der Waals surface area contributed by atoms with Gasteiger partial charge in [-0.15, -0.1) is 0 Å². The summed E-state index contributed by atoms with van der Waals surface area (Å²) in [4.78, 5) is 26.2. The number of aromatic nitrogens is 1. The molecule has 0 aliphatic rings. The molecular weight excluding hydrogens is 182 g/mol. The minimum atomic E-state index is -1.40. The number of rotatable bonds is 3. The van der Waals surface area contributed by atoms with Crippen molar-refractivity contribution in [2.45, 2.75) is 13.8 Å². The van der Waals surface area contributed by atoms with Crippen LogP contribution in [0.15, 0.2) is 24.5 Å². The van der Waals surface area contributed by atoms with Crippen molar-refractivity contribution in [3.63, 3.8) is 0 Å². The molecule has 74 valence electrons. The summed E-state index contributed by atoms with van der Waals surface area (Å²) in [5, 5.41) is 8.83. The third-order valence-electron chi connectivity index (χ3n) is 2.03. The van der Waals surface area contributed by atoms with Crippen LogP contribution >= 0.6 is 0 Å². The van der Waals surface area contributed by atoms with Crippen LogP contribution in [0.5, 0.6) is 0 Å². The van der Waals surface area contributed by atoms with Crippen molar-refractivity contribution in [2.75, 3.05) is 0 Å². The maximum absolute atomic E-state index is 11.7. The lowest BCUT2D eigenvalue weighted by Crippen LogP contribution is -2.33. The zero-order valence-corrected chi connectivity index (χ0v) is 8.02. The van der Waals surface area contributed by atoms with Crippen LogP contribution in [0.3, 0.4) is 0 Å². The molecule has 0 saturated heterocycles. The number of pyridine rings is 1. The lowest BCUT2D eigenvalue weighted by Gasteiger charge is -2.16. The second kappa shape index (κ2) is 3.57. The number of carboxylic acids is 1. The van der Waals surface area contributed by atoms with E-state index in [2.05, 4.69) is 4.98 Å². The summed E-state index contributed by atoms with van der Waals surface area (Å²) in [7, 11) is 0. The Morgan fingerprint density at radius 2 is 2.07 bits per heavy atom. The Kier molecular flexibility index (Phi) is 2.65. The first-order valence-electron chi connectivity index (χ1n) is 4.14. The van der Waals surface area contributed by atoms with Gasteiger partial charge in [0.25, 0.3) is 0 Å². The Balaban J connectivity index is 3.03. The maximum Gasteiger partial charge on any atom is 0.316 e. The normalized spacial score (nSPS) is 11.0. The summed E-state index contributed by atoms with van der Waals surface area (Å²) in [5.74, 6) is -1.57. The molecule has 1 aromatic heterocycles. The number of hydrogen-bond donors (Lipinski definition) is 1. The van der Waals surface area contributed by atoms with Gasteiger partial charge in [0, 0.05) is 18.0 Å². The van der Waals surface area contributed by atoms with Crippen LogP contribution in [0.25, 0.3) is 0 Å². The summed E-state index contributed by atoms with van der Waals surface area (Å²) in [5.41, 5.74) is -1.08. The van der Waals surface area contributed by atoms with Gasteiger partial charge in [0.1, 0.15) is 5.41 Å². The maximum atomic E-state index is 11.7. The minimum absolute atomic E-state index is 0.319. The van der Waals surface area contributed by atoms with Crippen molar-refractivity contribution in [3.8, 4) is 0 Å². The molecule has 0 unspecified atom stereocenters. The smallest absolute Gasteiger partial charge is 0.316 e. The van der Waals surface area contributed by atoms with E-state index in [1.165, 1.54) is 26.2 Å². The highest BCUT2D eigenvalue weighted by molar-refractivity contribution is 6.11. The topological polar surface area (TPSA) is 67.3 Å². The molecule has 1 N–H and O–H groups in total. The lowest BCUT2D eigenvalue weighted by atomic mass is 9.85. The van der Waals surface area contributed by atoms with E-state index in [1.807, 2.05) is 0 Å². The van der Waals surface area contributed by atoms with E-state index in [4.69, 9.17) is 5.11 Å². The number of nitrogens with zero attached hydrogens (tertiary/aromatic N) is 1. The Hall–Kier alpha value is -1.71. The molecule has 1 heterocycles. The van der Waals surface area contributed by atoms with Crippen molar-refractivity contribution in [3.05, 3.63) is 30.1 Å². The molecule has 0 fully saturated rings. The highest BCUT2D eigenvalue weighted by Crippen LogP contribution is 2.21. The minimum Gasteiger partial charge on any atom is -0.481 e. The molecule has 1 aromatic rings. The summed E-state index contributed by atoms with van der Waals surface area (Å²) >= 11 is 0. The largest absolute Gasteiger partial charge is 0.481 e. The zero-order valence-electron chi connectivity index (χ0n) is 8.02. The second-order valence-electron chi connectivity index (χ2n) is 3.50. The third kappa shape index (κ3) is 1.79. The van der Waals surface area contributed by atoms with Gasteiger partial charge >= 0.3 is 5.97 Å². The van der Waals surface area contributed by atoms with Gasteiger partial charge in [-0.05, 0) is 26.0 Å². The quantitative estimate of drug-likeness (QED) is 0.581. The Labute approximate surface area is 81.6 Å². The molecular formula is C10H11NO3. The fourth-order valence-corrected chi connectivity index (χ4v) is 0.955. The first-order valence-corrected chi connectivity index (χ1v) is 4.14. The first kappa shape index (κ1) is 10.4. The molecule has 0 bridgehead atoms. The summed E-state index contributed by atoms with van der Waals surface area (Å²) < 4.78 is 0. The first-order chi connectivity index (χ1) is 6.46. The van der Waals surface area contributed by atoms with Crippen LogP contribution in [0, 0.1) is 5.41 Å². The molecule has 14 heavy (non-hydrogen) atoms. The van der Waals surface area contributed by atoms with Crippen molar-refractivity contribution < 1.29 is 14.7 Å². The SMILES string of the molecule is CC(C)(C(=O)O)C(=O)c1cccnc1. The predicted molar refractivity (Wildman–Crippen MR) is 50.0 cm³/mol. The lowest BCUT2D eigenvalue weighted by molar-refractivity contribution is -0.144. The fraction of sp³-hybridized carbons (Fsp3) is 0.300. The van der Waals surface area contributed by atoms with Gasteiger partial charge in [0.2, 0.25) is 0 Å². The van der Waals surface area contributed by atoms with E-state index in [0.717, 1.165) is 0 Å². The van der Waals surface area contributed by atoms with E-state index in [-0.39, 0.29) is 0 Å². The molecule has 0 atom stereocenters.